The van der Waals surface area contributed by atoms with Crippen molar-refractivity contribution in [2.24, 2.45) is 0 Å². The summed E-state index contributed by atoms with van der Waals surface area (Å²) in [5, 5.41) is 3.97. The maximum absolute atomic E-state index is 12.4. The fourth-order valence-electron chi connectivity index (χ4n) is 3.08. The molecule has 1 heterocycles. The van der Waals surface area contributed by atoms with Crippen LogP contribution in [0.1, 0.15) is 37.3 Å². The normalized spacial score (nSPS) is 12.1. The van der Waals surface area contributed by atoms with Gasteiger partial charge < -0.3 is 15.0 Å². The molecule has 0 bridgehead atoms. The summed E-state index contributed by atoms with van der Waals surface area (Å²) in [6, 6.07) is 16.1. The molecule has 3 aromatic rings. The van der Waals surface area contributed by atoms with E-state index in [1.54, 1.807) is 0 Å². The summed E-state index contributed by atoms with van der Waals surface area (Å²) in [7, 11) is 0. The van der Waals surface area contributed by atoms with Crippen molar-refractivity contribution in [1.82, 2.24) is 10.3 Å². The van der Waals surface area contributed by atoms with Gasteiger partial charge >= 0.3 is 0 Å². The molecule has 0 saturated heterocycles. The molecule has 1 aromatic heterocycles. The van der Waals surface area contributed by atoms with E-state index >= 15 is 0 Å². The van der Waals surface area contributed by atoms with Crippen LogP contribution in [-0.2, 0) is 11.4 Å². The Morgan fingerprint density at radius 2 is 1.96 bits per heavy atom. The summed E-state index contributed by atoms with van der Waals surface area (Å²) >= 11 is 0. The van der Waals surface area contributed by atoms with E-state index in [0.717, 1.165) is 34.2 Å². The lowest BCUT2D eigenvalue weighted by molar-refractivity contribution is -0.122. The van der Waals surface area contributed by atoms with Crippen molar-refractivity contribution in [1.29, 1.82) is 0 Å². The van der Waals surface area contributed by atoms with Crippen LogP contribution in [0.15, 0.2) is 54.7 Å². The van der Waals surface area contributed by atoms with Crippen LogP contribution in [0.3, 0.4) is 0 Å². The molecule has 0 aliphatic carbocycles. The number of aromatic amines is 1. The van der Waals surface area contributed by atoms with E-state index in [4.69, 9.17) is 4.74 Å². The second-order valence-corrected chi connectivity index (χ2v) is 6.08. The van der Waals surface area contributed by atoms with Crippen molar-refractivity contribution in [3.63, 3.8) is 0 Å². The number of carbonyl (C=O) groups is 1. The predicted octanol–water partition coefficient (Wildman–Crippen LogP) is 4.38. The Bertz CT molecular complexity index is 839. The number of hydrogen-bond acceptors (Lipinski definition) is 2. The van der Waals surface area contributed by atoms with Gasteiger partial charge in [0.1, 0.15) is 12.4 Å². The number of hydrogen-bond donors (Lipinski definition) is 2. The first-order valence-corrected chi connectivity index (χ1v) is 8.78. The Labute approximate surface area is 148 Å². The van der Waals surface area contributed by atoms with Crippen molar-refractivity contribution in [2.75, 3.05) is 6.54 Å². The minimum atomic E-state index is -0.155. The van der Waals surface area contributed by atoms with Gasteiger partial charge in [0.05, 0.1) is 5.92 Å². The maximum atomic E-state index is 12.4. The molecule has 1 amide bonds. The third-order valence-electron chi connectivity index (χ3n) is 4.38. The molecule has 4 heteroatoms. The molecule has 0 spiro atoms. The lowest BCUT2D eigenvalue weighted by atomic mass is 9.95. The van der Waals surface area contributed by atoms with Crippen LogP contribution in [0.25, 0.3) is 10.9 Å². The molecular weight excluding hydrogens is 312 g/mol. The fraction of sp³-hybridized carbons (Fsp3) is 0.286. The van der Waals surface area contributed by atoms with Crippen LogP contribution >= 0.6 is 0 Å². The zero-order valence-electron chi connectivity index (χ0n) is 14.7. The summed E-state index contributed by atoms with van der Waals surface area (Å²) in [5.74, 6) is 0.725. The zero-order chi connectivity index (χ0) is 17.6. The maximum Gasteiger partial charge on any atom is 0.227 e. The highest BCUT2D eigenvalue weighted by Crippen LogP contribution is 2.31. The third-order valence-corrected chi connectivity index (χ3v) is 4.38. The minimum absolute atomic E-state index is 0.0708. The van der Waals surface area contributed by atoms with Crippen molar-refractivity contribution in [3.8, 4) is 5.75 Å². The highest BCUT2D eigenvalue weighted by atomic mass is 16.5. The van der Waals surface area contributed by atoms with Crippen LogP contribution in [0.4, 0.5) is 0 Å². The summed E-state index contributed by atoms with van der Waals surface area (Å²) in [5.41, 5.74) is 3.17. The van der Waals surface area contributed by atoms with Crippen LogP contribution in [0.5, 0.6) is 5.75 Å². The molecule has 0 fully saturated rings. The van der Waals surface area contributed by atoms with Crippen molar-refractivity contribution in [2.45, 2.75) is 32.8 Å². The van der Waals surface area contributed by atoms with Crippen LogP contribution in [0.2, 0.25) is 0 Å². The Morgan fingerprint density at radius 3 is 2.68 bits per heavy atom. The summed E-state index contributed by atoms with van der Waals surface area (Å²) in [6.07, 6.45) is 2.70. The van der Waals surface area contributed by atoms with Crippen LogP contribution in [-0.4, -0.2) is 17.4 Å². The molecule has 0 aliphatic rings. The number of likely N-dealkylation sites (N-methyl/N-ethyl adjacent to an activating group) is 1. The molecular formula is C21H24N2O2. The van der Waals surface area contributed by atoms with E-state index in [2.05, 4.69) is 10.3 Å². The molecule has 4 nitrogen and oxygen atoms in total. The Morgan fingerprint density at radius 1 is 1.16 bits per heavy atom. The Kier molecular flexibility index (Phi) is 5.39. The SMILES string of the molecule is CCNC(=O)C(CC)c1c[nH]c2ccc(OCc3ccccc3)cc12. The van der Waals surface area contributed by atoms with Gasteiger partial charge in [0.25, 0.3) is 0 Å². The smallest absolute Gasteiger partial charge is 0.227 e. The van der Waals surface area contributed by atoms with Crippen LogP contribution in [0, 0.1) is 0 Å². The van der Waals surface area contributed by atoms with Gasteiger partial charge in [0.15, 0.2) is 0 Å². The quantitative estimate of drug-likeness (QED) is 0.673. The highest BCUT2D eigenvalue weighted by Gasteiger charge is 2.21. The molecule has 130 valence electrons. The minimum Gasteiger partial charge on any atom is -0.489 e. The van der Waals surface area contributed by atoms with Gasteiger partial charge in [-0.1, -0.05) is 37.3 Å². The number of nitrogens with one attached hydrogen (secondary N) is 2. The molecule has 2 N–H and O–H groups in total. The standard InChI is InChI=1S/C21H24N2O2/c1-3-17(21(24)22-4-2)19-13-23-20-11-10-16(12-18(19)20)25-14-15-8-6-5-7-9-15/h5-13,17,23H,3-4,14H2,1-2H3,(H,22,24). The van der Waals surface area contributed by atoms with Gasteiger partial charge in [-0.05, 0) is 42.7 Å². The van der Waals surface area contributed by atoms with Crippen molar-refractivity contribution < 1.29 is 9.53 Å². The summed E-state index contributed by atoms with van der Waals surface area (Å²) in [4.78, 5) is 15.6. The Hall–Kier alpha value is -2.75. The topological polar surface area (TPSA) is 54.1 Å². The van der Waals surface area contributed by atoms with E-state index < -0.39 is 0 Å². The second kappa shape index (κ2) is 7.88. The molecule has 0 radical (unpaired) electrons. The first kappa shape index (κ1) is 17.1. The lowest BCUT2D eigenvalue weighted by Crippen LogP contribution is -2.28. The number of benzene rings is 2. The molecule has 0 saturated carbocycles. The first-order valence-electron chi connectivity index (χ1n) is 8.78. The van der Waals surface area contributed by atoms with E-state index in [1.807, 2.05) is 68.6 Å². The monoisotopic (exact) mass is 336 g/mol. The number of aromatic nitrogens is 1. The van der Waals surface area contributed by atoms with E-state index in [9.17, 15) is 4.79 Å². The van der Waals surface area contributed by atoms with Crippen LogP contribution < -0.4 is 10.1 Å². The van der Waals surface area contributed by atoms with Gasteiger partial charge in [-0.25, -0.2) is 0 Å². The first-order chi connectivity index (χ1) is 12.2. The average Bonchev–Trinajstić information content (AvgIpc) is 3.05. The fourth-order valence-corrected chi connectivity index (χ4v) is 3.08. The van der Waals surface area contributed by atoms with Gasteiger partial charge in [-0.15, -0.1) is 0 Å². The molecule has 25 heavy (non-hydrogen) atoms. The van der Waals surface area contributed by atoms with Crippen molar-refractivity contribution in [3.05, 3.63) is 65.9 Å². The van der Waals surface area contributed by atoms with Gasteiger partial charge in [-0.3, -0.25) is 4.79 Å². The summed E-state index contributed by atoms with van der Waals surface area (Å²) < 4.78 is 5.93. The number of amides is 1. The molecule has 2 aromatic carbocycles. The third kappa shape index (κ3) is 3.85. The zero-order valence-corrected chi connectivity index (χ0v) is 14.7. The molecule has 1 atom stereocenters. The van der Waals surface area contributed by atoms with Gasteiger partial charge in [0, 0.05) is 23.6 Å². The lowest BCUT2D eigenvalue weighted by Gasteiger charge is -2.14. The highest BCUT2D eigenvalue weighted by molar-refractivity contribution is 5.92. The van der Waals surface area contributed by atoms with Crippen molar-refractivity contribution >= 4 is 16.8 Å². The van der Waals surface area contributed by atoms with Gasteiger partial charge in [0.2, 0.25) is 5.91 Å². The molecule has 1 unspecified atom stereocenters. The number of ether oxygens (including phenoxy) is 1. The number of carbonyl (C=O) groups excluding carboxylic acids is 1. The summed E-state index contributed by atoms with van der Waals surface area (Å²) in [6.45, 7) is 5.15. The predicted molar refractivity (Wildman–Crippen MR) is 101 cm³/mol. The average molecular weight is 336 g/mol. The number of rotatable bonds is 7. The molecule has 3 rings (SSSR count). The number of fused-ring (bicyclic) bond motifs is 1. The Balaban J connectivity index is 1.84. The van der Waals surface area contributed by atoms with E-state index in [-0.39, 0.29) is 11.8 Å². The van der Waals surface area contributed by atoms with E-state index in [0.29, 0.717) is 13.2 Å². The molecule has 0 aliphatic heterocycles. The van der Waals surface area contributed by atoms with E-state index in [1.165, 1.54) is 0 Å². The largest absolute Gasteiger partial charge is 0.489 e. The number of H-pyrrole nitrogens is 1. The second-order valence-electron chi connectivity index (χ2n) is 6.08. The van der Waals surface area contributed by atoms with Gasteiger partial charge in [-0.2, -0.15) is 0 Å².